The van der Waals surface area contributed by atoms with Gasteiger partial charge in [0.25, 0.3) is 0 Å². The largest absolute Gasteiger partial charge is 0.481 e. The number of carboxylic acids is 1. The first kappa shape index (κ1) is 11.7. The lowest BCUT2D eigenvalue weighted by molar-refractivity contribution is -0.142. The molecule has 0 aliphatic carbocycles. The summed E-state index contributed by atoms with van der Waals surface area (Å²) in [6.45, 7) is 1.33. The van der Waals surface area contributed by atoms with Crippen LogP contribution in [-0.4, -0.2) is 27.2 Å². The van der Waals surface area contributed by atoms with Gasteiger partial charge in [0.15, 0.2) is 0 Å². The summed E-state index contributed by atoms with van der Waals surface area (Å²) in [5.74, 6) is -0.0606. The van der Waals surface area contributed by atoms with E-state index in [-0.39, 0.29) is 12.0 Å². The molecule has 2 atom stereocenters. The monoisotopic (exact) mass is 250 g/mol. The Morgan fingerprint density at radius 3 is 3.06 bits per heavy atom. The van der Waals surface area contributed by atoms with Crippen molar-refractivity contribution >= 4 is 5.97 Å². The fraction of sp³-hybridized carbons (Fsp3) is 0.692. The molecule has 0 aromatic carbocycles. The molecule has 5 nitrogen and oxygen atoms in total. The number of hydrogen-bond acceptors (Lipinski definition) is 3. The van der Waals surface area contributed by atoms with Crippen molar-refractivity contribution in [1.82, 2.24) is 9.55 Å². The molecule has 0 bridgehead atoms. The van der Waals surface area contributed by atoms with Gasteiger partial charge in [-0.2, -0.15) is 0 Å². The smallest absolute Gasteiger partial charge is 0.308 e. The highest BCUT2D eigenvalue weighted by molar-refractivity contribution is 5.70. The van der Waals surface area contributed by atoms with Crippen molar-refractivity contribution in [3.05, 3.63) is 17.7 Å². The summed E-state index contributed by atoms with van der Waals surface area (Å²) in [4.78, 5) is 15.6. The second kappa shape index (κ2) is 4.72. The van der Waals surface area contributed by atoms with E-state index in [1.165, 1.54) is 0 Å². The molecular weight excluding hydrogens is 232 g/mol. The predicted octanol–water partition coefficient (Wildman–Crippen LogP) is 1.77. The van der Waals surface area contributed by atoms with Crippen molar-refractivity contribution in [2.24, 2.45) is 5.92 Å². The van der Waals surface area contributed by atoms with E-state index in [0.29, 0.717) is 13.0 Å². The van der Waals surface area contributed by atoms with Crippen LogP contribution < -0.4 is 0 Å². The van der Waals surface area contributed by atoms with Crippen molar-refractivity contribution < 1.29 is 14.6 Å². The number of fused-ring (bicyclic) bond motifs is 1. The van der Waals surface area contributed by atoms with E-state index in [1.54, 1.807) is 0 Å². The van der Waals surface area contributed by atoms with Gasteiger partial charge in [-0.1, -0.05) is 0 Å². The maximum Gasteiger partial charge on any atom is 0.308 e. The highest BCUT2D eigenvalue weighted by atomic mass is 16.5. The zero-order chi connectivity index (χ0) is 12.5. The summed E-state index contributed by atoms with van der Waals surface area (Å²) in [5, 5.41) is 9.14. The van der Waals surface area contributed by atoms with Crippen LogP contribution >= 0.6 is 0 Å². The van der Waals surface area contributed by atoms with Crippen molar-refractivity contribution in [2.45, 2.75) is 44.8 Å². The van der Waals surface area contributed by atoms with Gasteiger partial charge in [0.2, 0.25) is 0 Å². The molecule has 1 aromatic rings. The molecular formula is C13H18N2O3. The quantitative estimate of drug-likeness (QED) is 0.868. The van der Waals surface area contributed by atoms with Gasteiger partial charge in [-0.05, 0) is 32.1 Å². The van der Waals surface area contributed by atoms with Gasteiger partial charge in [0.1, 0.15) is 11.9 Å². The molecule has 3 rings (SSSR count). The summed E-state index contributed by atoms with van der Waals surface area (Å²) in [6, 6.07) is 0. The maximum absolute atomic E-state index is 11.1. The van der Waals surface area contributed by atoms with Crippen molar-refractivity contribution in [3.63, 3.8) is 0 Å². The minimum absolute atomic E-state index is 0.0556. The average Bonchev–Trinajstić information content (AvgIpc) is 2.82. The molecule has 18 heavy (non-hydrogen) atoms. The van der Waals surface area contributed by atoms with Gasteiger partial charge in [-0.15, -0.1) is 0 Å². The Labute approximate surface area is 106 Å². The topological polar surface area (TPSA) is 64.3 Å². The van der Waals surface area contributed by atoms with Crippen LogP contribution in [0.1, 0.15) is 43.3 Å². The molecule has 1 saturated heterocycles. The molecule has 3 heterocycles. The van der Waals surface area contributed by atoms with Crippen LogP contribution in [-0.2, 0) is 22.5 Å². The minimum atomic E-state index is -0.704. The number of hydrogen-bond donors (Lipinski definition) is 1. The lowest BCUT2D eigenvalue weighted by Crippen LogP contribution is -2.28. The molecule has 0 radical (unpaired) electrons. The lowest BCUT2D eigenvalue weighted by atomic mass is 9.98. The molecule has 0 amide bonds. The van der Waals surface area contributed by atoms with Crippen LogP contribution in [0.15, 0.2) is 6.20 Å². The number of imidazole rings is 1. The molecule has 0 saturated carbocycles. The van der Waals surface area contributed by atoms with Crippen LogP contribution in [0.3, 0.4) is 0 Å². The Morgan fingerprint density at radius 2 is 2.33 bits per heavy atom. The fourth-order valence-electron chi connectivity index (χ4n) is 2.87. The van der Waals surface area contributed by atoms with E-state index in [0.717, 1.165) is 43.8 Å². The van der Waals surface area contributed by atoms with Crippen molar-refractivity contribution in [1.29, 1.82) is 0 Å². The Morgan fingerprint density at radius 1 is 1.44 bits per heavy atom. The third-order valence-corrected chi connectivity index (χ3v) is 3.94. The maximum atomic E-state index is 11.1. The average molecular weight is 250 g/mol. The third kappa shape index (κ3) is 2.03. The van der Waals surface area contributed by atoms with Crippen LogP contribution in [0.5, 0.6) is 0 Å². The highest BCUT2D eigenvalue weighted by Crippen LogP contribution is 2.30. The number of aliphatic carboxylic acids is 1. The number of aromatic nitrogens is 2. The lowest BCUT2D eigenvalue weighted by Gasteiger charge is -2.27. The van der Waals surface area contributed by atoms with E-state index in [2.05, 4.69) is 9.55 Å². The molecule has 1 aromatic heterocycles. The van der Waals surface area contributed by atoms with E-state index in [9.17, 15) is 4.79 Å². The normalized spacial score (nSPS) is 27.8. The minimum Gasteiger partial charge on any atom is -0.481 e. The molecule has 2 unspecified atom stereocenters. The number of aryl methyl sites for hydroxylation is 1. The SMILES string of the molecule is O=C(O)C1CCc2cnc(C3CCCCO3)n2C1. The van der Waals surface area contributed by atoms with Gasteiger partial charge in [-0.3, -0.25) is 4.79 Å². The zero-order valence-electron chi connectivity index (χ0n) is 10.3. The zero-order valence-corrected chi connectivity index (χ0v) is 10.3. The van der Waals surface area contributed by atoms with Crippen LogP contribution in [0.25, 0.3) is 0 Å². The van der Waals surface area contributed by atoms with E-state index in [4.69, 9.17) is 9.84 Å². The summed E-state index contributed by atoms with van der Waals surface area (Å²) < 4.78 is 7.82. The summed E-state index contributed by atoms with van der Waals surface area (Å²) in [6.07, 6.45) is 6.72. The van der Waals surface area contributed by atoms with Gasteiger partial charge in [0, 0.05) is 25.0 Å². The van der Waals surface area contributed by atoms with E-state index < -0.39 is 5.97 Å². The van der Waals surface area contributed by atoms with Crippen LogP contribution in [0.4, 0.5) is 0 Å². The van der Waals surface area contributed by atoms with Gasteiger partial charge in [-0.25, -0.2) is 4.98 Å². The second-order valence-electron chi connectivity index (χ2n) is 5.15. The van der Waals surface area contributed by atoms with E-state index >= 15 is 0 Å². The molecule has 1 fully saturated rings. The van der Waals surface area contributed by atoms with Gasteiger partial charge in [0.05, 0.1) is 5.92 Å². The number of rotatable bonds is 2. The van der Waals surface area contributed by atoms with Gasteiger partial charge >= 0.3 is 5.97 Å². The highest BCUT2D eigenvalue weighted by Gasteiger charge is 2.29. The molecule has 0 spiro atoms. The number of carbonyl (C=O) groups is 1. The predicted molar refractivity (Wildman–Crippen MR) is 64.2 cm³/mol. The first-order chi connectivity index (χ1) is 8.75. The number of nitrogens with zero attached hydrogens (tertiary/aromatic N) is 2. The first-order valence-electron chi connectivity index (χ1n) is 6.64. The second-order valence-corrected chi connectivity index (χ2v) is 5.15. The van der Waals surface area contributed by atoms with Crippen molar-refractivity contribution in [2.75, 3.05) is 6.61 Å². The summed E-state index contributed by atoms with van der Waals surface area (Å²) in [7, 11) is 0. The Kier molecular flexibility index (Phi) is 3.07. The molecule has 5 heteroatoms. The fourth-order valence-corrected chi connectivity index (χ4v) is 2.87. The Bertz CT molecular complexity index is 449. The standard InChI is InChI=1S/C13H18N2O3/c16-13(17)9-4-5-10-7-14-12(15(10)8-9)11-3-1-2-6-18-11/h7,9,11H,1-6,8H2,(H,16,17). The van der Waals surface area contributed by atoms with Crippen LogP contribution in [0, 0.1) is 5.92 Å². The Hall–Kier alpha value is -1.36. The Balaban J connectivity index is 1.84. The van der Waals surface area contributed by atoms with E-state index in [1.807, 2.05) is 6.20 Å². The molecule has 2 aliphatic rings. The molecule has 2 aliphatic heterocycles. The summed E-state index contributed by atoms with van der Waals surface area (Å²) >= 11 is 0. The summed E-state index contributed by atoms with van der Waals surface area (Å²) in [5.41, 5.74) is 1.15. The first-order valence-corrected chi connectivity index (χ1v) is 6.64. The van der Waals surface area contributed by atoms with Crippen molar-refractivity contribution in [3.8, 4) is 0 Å². The van der Waals surface area contributed by atoms with Crippen LogP contribution in [0.2, 0.25) is 0 Å². The number of carboxylic acid groups (broad SMARTS) is 1. The molecule has 1 N–H and O–H groups in total. The molecule has 98 valence electrons. The van der Waals surface area contributed by atoms with Gasteiger partial charge < -0.3 is 14.4 Å². The third-order valence-electron chi connectivity index (χ3n) is 3.94. The number of ether oxygens (including phenoxy) is 1.